The van der Waals surface area contributed by atoms with Crippen molar-refractivity contribution in [1.82, 2.24) is 5.32 Å². The Kier molecular flexibility index (Phi) is 7.24. The van der Waals surface area contributed by atoms with E-state index in [2.05, 4.69) is 10.6 Å². The number of benzene rings is 3. The van der Waals surface area contributed by atoms with Crippen molar-refractivity contribution in [2.75, 3.05) is 31.0 Å². The molecule has 3 aromatic carbocycles. The van der Waals surface area contributed by atoms with Crippen molar-refractivity contribution in [2.24, 2.45) is 0 Å². The summed E-state index contributed by atoms with van der Waals surface area (Å²) in [7, 11) is 2.91. The van der Waals surface area contributed by atoms with E-state index in [1.54, 1.807) is 44.9 Å². The van der Waals surface area contributed by atoms with Crippen LogP contribution in [0.15, 0.2) is 54.6 Å². The monoisotopic (exact) mass is 505 g/mol. The van der Waals surface area contributed by atoms with Crippen LogP contribution in [-0.2, 0) is 20.8 Å². The Hall–Kier alpha value is -4.27. The van der Waals surface area contributed by atoms with E-state index in [0.29, 0.717) is 17.0 Å². The molecule has 9 heteroatoms. The summed E-state index contributed by atoms with van der Waals surface area (Å²) in [4.78, 5) is 40.1. The molecule has 0 saturated heterocycles. The highest BCUT2D eigenvalue weighted by molar-refractivity contribution is 6.04. The lowest BCUT2D eigenvalue weighted by Gasteiger charge is -2.27. The quantitative estimate of drug-likeness (QED) is 0.492. The van der Waals surface area contributed by atoms with Gasteiger partial charge in [-0.05, 0) is 61.9 Å². The predicted octanol–water partition coefficient (Wildman–Crippen LogP) is 4.49. The maximum atomic E-state index is 13.8. The summed E-state index contributed by atoms with van der Waals surface area (Å²) in [5, 5.41) is 7.60. The zero-order valence-corrected chi connectivity index (χ0v) is 21.6. The molecule has 1 unspecified atom stereocenters. The van der Waals surface area contributed by atoms with E-state index in [1.807, 2.05) is 42.5 Å². The van der Waals surface area contributed by atoms with Crippen molar-refractivity contribution >= 4 is 40.1 Å². The maximum absolute atomic E-state index is 13.8. The molecule has 0 fully saturated rings. The van der Waals surface area contributed by atoms with Gasteiger partial charge < -0.3 is 29.7 Å². The van der Waals surface area contributed by atoms with Crippen LogP contribution in [0.1, 0.15) is 36.7 Å². The lowest BCUT2D eigenvalue weighted by Crippen LogP contribution is -2.51. The van der Waals surface area contributed by atoms with Crippen molar-refractivity contribution in [3.05, 3.63) is 65.7 Å². The molecule has 0 radical (unpaired) electrons. The van der Waals surface area contributed by atoms with Crippen molar-refractivity contribution in [2.45, 2.75) is 39.0 Å². The smallest absolute Gasteiger partial charge is 0.408 e. The SMILES string of the molecule is COC(=O)c1ccc2c(CN3C(=O)C(NC(=O)OC(C)(C)C)CNc4ccccc43)c(OC)ccc2c1. The molecular weight excluding hydrogens is 474 g/mol. The van der Waals surface area contributed by atoms with Gasteiger partial charge in [0, 0.05) is 12.1 Å². The van der Waals surface area contributed by atoms with Crippen LogP contribution in [0.4, 0.5) is 16.2 Å². The third-order valence-corrected chi connectivity index (χ3v) is 5.99. The van der Waals surface area contributed by atoms with Crippen molar-refractivity contribution < 1.29 is 28.6 Å². The Balaban J connectivity index is 1.75. The van der Waals surface area contributed by atoms with E-state index in [4.69, 9.17) is 14.2 Å². The molecule has 1 heterocycles. The summed E-state index contributed by atoms with van der Waals surface area (Å²) in [6, 6.07) is 15.5. The number of carbonyl (C=O) groups excluding carboxylic acids is 3. The van der Waals surface area contributed by atoms with E-state index >= 15 is 0 Å². The minimum Gasteiger partial charge on any atom is -0.496 e. The normalized spacial score (nSPS) is 15.3. The first-order valence-electron chi connectivity index (χ1n) is 11.9. The lowest BCUT2D eigenvalue weighted by atomic mass is 10.00. The van der Waals surface area contributed by atoms with E-state index in [9.17, 15) is 14.4 Å². The van der Waals surface area contributed by atoms with Gasteiger partial charge in [-0.3, -0.25) is 4.79 Å². The van der Waals surface area contributed by atoms with Crippen LogP contribution < -0.4 is 20.3 Å². The molecule has 0 aliphatic carbocycles. The average molecular weight is 506 g/mol. The third-order valence-electron chi connectivity index (χ3n) is 5.99. The molecule has 1 aliphatic heterocycles. The van der Waals surface area contributed by atoms with Crippen LogP contribution in [0.25, 0.3) is 10.8 Å². The molecule has 2 amide bonds. The van der Waals surface area contributed by atoms with E-state index in [1.165, 1.54) is 7.11 Å². The molecule has 4 rings (SSSR count). The number of nitrogens with one attached hydrogen (secondary N) is 2. The maximum Gasteiger partial charge on any atom is 0.408 e. The molecular formula is C28H31N3O6. The van der Waals surface area contributed by atoms with Crippen LogP contribution >= 0.6 is 0 Å². The van der Waals surface area contributed by atoms with Crippen LogP contribution in [-0.4, -0.2) is 50.4 Å². The molecule has 194 valence electrons. The minimum atomic E-state index is -0.867. The second-order valence-electron chi connectivity index (χ2n) is 9.70. The fourth-order valence-corrected chi connectivity index (χ4v) is 4.32. The number of esters is 1. The molecule has 2 N–H and O–H groups in total. The van der Waals surface area contributed by atoms with Crippen LogP contribution in [0, 0.1) is 0 Å². The van der Waals surface area contributed by atoms with Gasteiger partial charge in [-0.1, -0.05) is 24.3 Å². The van der Waals surface area contributed by atoms with Crippen molar-refractivity contribution in [3.8, 4) is 5.75 Å². The Morgan fingerprint density at radius 1 is 1.08 bits per heavy atom. The van der Waals surface area contributed by atoms with Gasteiger partial charge in [-0.15, -0.1) is 0 Å². The average Bonchev–Trinajstić information content (AvgIpc) is 2.99. The van der Waals surface area contributed by atoms with Gasteiger partial charge in [0.25, 0.3) is 5.91 Å². The summed E-state index contributed by atoms with van der Waals surface area (Å²) in [6.07, 6.45) is -0.670. The highest BCUT2D eigenvalue weighted by Crippen LogP contribution is 2.35. The second kappa shape index (κ2) is 10.4. The first kappa shape index (κ1) is 25.8. The van der Waals surface area contributed by atoms with Gasteiger partial charge in [0.2, 0.25) is 0 Å². The Morgan fingerprint density at radius 2 is 1.84 bits per heavy atom. The molecule has 3 aromatic rings. The number of amides is 2. The first-order chi connectivity index (χ1) is 17.6. The van der Waals surface area contributed by atoms with Crippen molar-refractivity contribution in [1.29, 1.82) is 0 Å². The van der Waals surface area contributed by atoms with Crippen LogP contribution in [0.5, 0.6) is 5.75 Å². The summed E-state index contributed by atoms with van der Waals surface area (Å²) >= 11 is 0. The topological polar surface area (TPSA) is 106 Å². The number of ether oxygens (including phenoxy) is 3. The molecule has 1 atom stereocenters. The van der Waals surface area contributed by atoms with Gasteiger partial charge in [0.05, 0.1) is 37.7 Å². The number of carbonyl (C=O) groups is 3. The number of hydrogen-bond donors (Lipinski definition) is 2. The first-order valence-corrected chi connectivity index (χ1v) is 11.9. The molecule has 9 nitrogen and oxygen atoms in total. The zero-order chi connectivity index (χ0) is 26.7. The molecule has 1 aliphatic rings. The fraction of sp³-hybridized carbons (Fsp3) is 0.321. The van der Waals surface area contributed by atoms with Gasteiger partial charge in [-0.25, -0.2) is 9.59 Å². The second-order valence-corrected chi connectivity index (χ2v) is 9.70. The minimum absolute atomic E-state index is 0.169. The van der Waals surface area contributed by atoms with Crippen molar-refractivity contribution in [3.63, 3.8) is 0 Å². The van der Waals surface area contributed by atoms with Crippen LogP contribution in [0.3, 0.4) is 0 Å². The van der Waals surface area contributed by atoms with E-state index in [0.717, 1.165) is 22.0 Å². The number of hydrogen-bond acceptors (Lipinski definition) is 7. The Labute approximate surface area is 215 Å². The van der Waals surface area contributed by atoms with Gasteiger partial charge >= 0.3 is 12.1 Å². The number of anilines is 2. The Bertz CT molecular complexity index is 1350. The number of methoxy groups -OCH3 is 2. The van der Waals surface area contributed by atoms with Gasteiger partial charge in [0.1, 0.15) is 17.4 Å². The number of rotatable bonds is 5. The summed E-state index contributed by atoms with van der Waals surface area (Å²) < 4.78 is 15.9. The molecule has 37 heavy (non-hydrogen) atoms. The van der Waals surface area contributed by atoms with E-state index < -0.39 is 23.7 Å². The zero-order valence-electron chi connectivity index (χ0n) is 21.6. The Morgan fingerprint density at radius 3 is 2.54 bits per heavy atom. The summed E-state index contributed by atoms with van der Waals surface area (Å²) in [5.41, 5.74) is 1.92. The predicted molar refractivity (Wildman–Crippen MR) is 141 cm³/mol. The standard InChI is InChI=1S/C28H31N3O6/c1-28(2,3)37-27(34)30-22-15-29-21-8-6-7-9-23(21)31(25(22)32)16-20-19-12-10-18(26(33)36-5)14-17(19)11-13-24(20)35-4/h6-14,22,29H,15-16H2,1-5H3,(H,30,34). The summed E-state index contributed by atoms with van der Waals surface area (Å²) in [5.74, 6) is -0.135. The molecule has 0 aromatic heterocycles. The fourth-order valence-electron chi connectivity index (χ4n) is 4.32. The highest BCUT2D eigenvalue weighted by atomic mass is 16.6. The van der Waals surface area contributed by atoms with E-state index in [-0.39, 0.29) is 19.0 Å². The third kappa shape index (κ3) is 5.61. The number of nitrogens with zero attached hydrogens (tertiary/aromatic N) is 1. The summed E-state index contributed by atoms with van der Waals surface area (Å²) in [6.45, 7) is 5.66. The van der Waals surface area contributed by atoms with Gasteiger partial charge in [-0.2, -0.15) is 0 Å². The molecule has 0 spiro atoms. The van der Waals surface area contributed by atoms with Gasteiger partial charge in [0.15, 0.2) is 0 Å². The largest absolute Gasteiger partial charge is 0.496 e. The number of para-hydroxylation sites is 2. The number of alkyl carbamates (subject to hydrolysis) is 1. The molecule has 0 saturated carbocycles. The lowest BCUT2D eigenvalue weighted by molar-refractivity contribution is -0.120. The molecule has 0 bridgehead atoms. The highest BCUT2D eigenvalue weighted by Gasteiger charge is 2.33. The number of fused-ring (bicyclic) bond motifs is 2. The van der Waals surface area contributed by atoms with Crippen LogP contribution in [0.2, 0.25) is 0 Å².